The average molecular weight is 299 g/mol. The second-order valence-corrected chi connectivity index (χ2v) is 6.76. The highest BCUT2D eigenvalue weighted by atomic mass is 35.5. The average Bonchev–Trinajstić information content (AvgIpc) is 2.82. The van der Waals surface area contributed by atoms with Crippen LogP contribution in [0.5, 0.6) is 0 Å². The lowest BCUT2D eigenvalue weighted by atomic mass is 9.84. The minimum absolute atomic E-state index is 0.0754. The molecule has 110 valence electrons. The summed E-state index contributed by atoms with van der Waals surface area (Å²) >= 11 is 5.74. The van der Waals surface area contributed by atoms with Gasteiger partial charge in [-0.25, -0.2) is 9.37 Å². The van der Waals surface area contributed by atoms with Gasteiger partial charge in [0.15, 0.2) is 11.6 Å². The van der Waals surface area contributed by atoms with E-state index in [0.717, 1.165) is 19.0 Å². The Morgan fingerprint density at radius 2 is 2.30 bits per heavy atom. The number of nitrogens with zero attached hydrogens (tertiary/aromatic N) is 3. The molecule has 0 aliphatic carbocycles. The van der Waals surface area contributed by atoms with Crippen molar-refractivity contribution in [3.05, 3.63) is 17.3 Å². The lowest BCUT2D eigenvalue weighted by molar-refractivity contribution is 0.0500. The van der Waals surface area contributed by atoms with Crippen LogP contribution < -0.4 is 5.32 Å². The zero-order valence-corrected chi connectivity index (χ0v) is 12.6. The predicted octanol–water partition coefficient (Wildman–Crippen LogP) is 3.09. The molecule has 2 aliphatic heterocycles. The molecule has 2 aliphatic rings. The third-order valence-corrected chi connectivity index (χ3v) is 4.69. The topological polar surface area (TPSA) is 41.1 Å². The minimum atomic E-state index is -0.443. The first-order valence-electron chi connectivity index (χ1n) is 7.17. The van der Waals surface area contributed by atoms with Gasteiger partial charge in [-0.3, -0.25) is 4.90 Å². The molecule has 1 aromatic heterocycles. The Hall–Kier alpha value is -0.940. The largest absolute Gasteiger partial charge is 0.365 e. The molecule has 2 saturated heterocycles. The number of aromatic nitrogens is 2. The fourth-order valence-electron chi connectivity index (χ4n) is 3.76. The molecule has 1 aromatic rings. The van der Waals surface area contributed by atoms with E-state index in [2.05, 4.69) is 34.0 Å². The van der Waals surface area contributed by atoms with E-state index in [0.29, 0.717) is 6.04 Å². The third kappa shape index (κ3) is 2.61. The van der Waals surface area contributed by atoms with Crippen molar-refractivity contribution in [2.45, 2.75) is 57.2 Å². The summed E-state index contributed by atoms with van der Waals surface area (Å²) in [4.78, 5) is 10.2. The molecule has 0 spiro atoms. The lowest BCUT2D eigenvalue weighted by Crippen LogP contribution is -2.55. The number of piperidine rings is 1. The Morgan fingerprint density at radius 3 is 3.10 bits per heavy atom. The number of halogens is 2. The molecule has 1 N–H and O–H groups in total. The summed E-state index contributed by atoms with van der Waals surface area (Å²) < 4.78 is 13.7. The van der Waals surface area contributed by atoms with Gasteiger partial charge in [-0.1, -0.05) is 0 Å². The van der Waals surface area contributed by atoms with E-state index >= 15 is 0 Å². The highest BCUT2D eigenvalue weighted by Crippen LogP contribution is 2.38. The Bertz CT molecular complexity index is 508. The zero-order valence-electron chi connectivity index (χ0n) is 11.9. The van der Waals surface area contributed by atoms with Crippen molar-refractivity contribution >= 4 is 17.4 Å². The molecular weight excluding hydrogens is 279 g/mol. The smallest absolute Gasteiger partial charge is 0.224 e. The van der Waals surface area contributed by atoms with Gasteiger partial charge in [0.25, 0.3) is 0 Å². The summed E-state index contributed by atoms with van der Waals surface area (Å²) in [6, 6.07) is 0.821. The molecule has 2 fully saturated rings. The van der Waals surface area contributed by atoms with Crippen molar-refractivity contribution < 1.29 is 4.39 Å². The summed E-state index contributed by atoms with van der Waals surface area (Å²) in [5.41, 5.74) is 0.143. The second kappa shape index (κ2) is 5.11. The van der Waals surface area contributed by atoms with Gasteiger partial charge >= 0.3 is 0 Å². The Morgan fingerprint density at radius 1 is 1.50 bits per heavy atom. The molecule has 0 aromatic carbocycles. The molecule has 3 heterocycles. The summed E-state index contributed by atoms with van der Waals surface area (Å²) in [6.07, 6.45) is 5.62. The molecule has 0 saturated carbocycles. The molecule has 6 heteroatoms. The molecule has 0 radical (unpaired) electrons. The summed E-state index contributed by atoms with van der Waals surface area (Å²) in [5, 5.41) is 3.30. The van der Waals surface area contributed by atoms with Crippen molar-refractivity contribution in [2.75, 3.05) is 11.9 Å². The van der Waals surface area contributed by atoms with E-state index < -0.39 is 5.82 Å². The SMILES string of the molecule is CC1(C)C[C@@H](Nc2nc(Cl)ncc2F)C[C@@H]2CCCN21. The highest BCUT2D eigenvalue weighted by molar-refractivity contribution is 6.28. The van der Waals surface area contributed by atoms with Gasteiger partial charge in [0, 0.05) is 17.6 Å². The molecular formula is C14H20ClFN4. The Balaban J connectivity index is 1.76. The van der Waals surface area contributed by atoms with E-state index in [1.54, 1.807) is 0 Å². The first-order chi connectivity index (χ1) is 9.45. The quantitative estimate of drug-likeness (QED) is 0.852. The maximum atomic E-state index is 13.7. The molecule has 0 bridgehead atoms. The number of nitrogens with one attached hydrogen (secondary N) is 1. The van der Waals surface area contributed by atoms with Crippen LogP contribution in [0.1, 0.15) is 39.5 Å². The molecule has 3 rings (SSSR count). The van der Waals surface area contributed by atoms with Crippen LogP contribution in [0, 0.1) is 5.82 Å². The lowest BCUT2D eigenvalue weighted by Gasteiger charge is -2.47. The maximum absolute atomic E-state index is 13.7. The van der Waals surface area contributed by atoms with Crippen molar-refractivity contribution in [1.29, 1.82) is 0 Å². The van der Waals surface area contributed by atoms with E-state index in [-0.39, 0.29) is 22.7 Å². The number of rotatable bonds is 2. The summed E-state index contributed by atoms with van der Waals surface area (Å²) in [5.74, 6) is -0.224. The van der Waals surface area contributed by atoms with Crippen molar-refractivity contribution in [1.82, 2.24) is 14.9 Å². The van der Waals surface area contributed by atoms with Crippen LogP contribution in [0.4, 0.5) is 10.2 Å². The van der Waals surface area contributed by atoms with E-state index in [1.165, 1.54) is 19.4 Å². The third-order valence-electron chi connectivity index (χ3n) is 4.51. The van der Waals surface area contributed by atoms with Crippen LogP contribution in [0.2, 0.25) is 5.28 Å². The normalized spacial score (nSPS) is 29.2. The van der Waals surface area contributed by atoms with Gasteiger partial charge in [0.1, 0.15) is 0 Å². The summed E-state index contributed by atoms with van der Waals surface area (Å²) in [6.45, 7) is 5.71. The number of anilines is 1. The fourth-order valence-corrected chi connectivity index (χ4v) is 3.89. The first kappa shape index (κ1) is 14.0. The van der Waals surface area contributed by atoms with E-state index in [4.69, 9.17) is 11.6 Å². The highest BCUT2D eigenvalue weighted by Gasteiger charge is 2.42. The maximum Gasteiger partial charge on any atom is 0.224 e. The number of hydrogen-bond donors (Lipinski definition) is 1. The van der Waals surface area contributed by atoms with Crippen LogP contribution >= 0.6 is 11.6 Å². The van der Waals surface area contributed by atoms with Crippen molar-refractivity contribution in [3.8, 4) is 0 Å². The van der Waals surface area contributed by atoms with Crippen LogP contribution in [-0.2, 0) is 0 Å². The van der Waals surface area contributed by atoms with Gasteiger partial charge in [-0.15, -0.1) is 0 Å². The van der Waals surface area contributed by atoms with Crippen molar-refractivity contribution in [2.24, 2.45) is 0 Å². The zero-order chi connectivity index (χ0) is 14.3. The van der Waals surface area contributed by atoms with Crippen molar-refractivity contribution in [3.63, 3.8) is 0 Å². The summed E-state index contributed by atoms with van der Waals surface area (Å²) in [7, 11) is 0. The van der Waals surface area contributed by atoms with E-state index in [1.807, 2.05) is 0 Å². The van der Waals surface area contributed by atoms with Gasteiger partial charge in [0.2, 0.25) is 5.28 Å². The predicted molar refractivity (Wildman–Crippen MR) is 77.5 cm³/mol. The van der Waals surface area contributed by atoms with Gasteiger partial charge in [0.05, 0.1) is 6.20 Å². The number of fused-ring (bicyclic) bond motifs is 1. The first-order valence-corrected chi connectivity index (χ1v) is 7.55. The van der Waals surface area contributed by atoms with Crippen LogP contribution in [0.3, 0.4) is 0 Å². The van der Waals surface area contributed by atoms with Gasteiger partial charge < -0.3 is 5.32 Å². The molecule has 0 unspecified atom stereocenters. The Labute approximate surface area is 123 Å². The molecule has 4 nitrogen and oxygen atoms in total. The second-order valence-electron chi connectivity index (χ2n) is 6.42. The molecule has 2 atom stereocenters. The Kier molecular flexibility index (Phi) is 3.58. The molecule has 0 amide bonds. The van der Waals surface area contributed by atoms with Gasteiger partial charge in [-0.05, 0) is 57.7 Å². The minimum Gasteiger partial charge on any atom is -0.365 e. The fraction of sp³-hybridized carbons (Fsp3) is 0.714. The van der Waals surface area contributed by atoms with Crippen LogP contribution in [0.25, 0.3) is 0 Å². The standard InChI is InChI=1S/C14H20ClFN4/c1-14(2)7-9(6-10-4-3-5-20(10)14)18-12-11(16)8-17-13(15)19-12/h8-10H,3-7H2,1-2H3,(H,17,18,19)/t9-,10-/m0/s1. The van der Waals surface area contributed by atoms with E-state index in [9.17, 15) is 4.39 Å². The van der Waals surface area contributed by atoms with Crippen LogP contribution in [-0.4, -0.2) is 39.0 Å². The monoisotopic (exact) mass is 298 g/mol. The number of hydrogen-bond acceptors (Lipinski definition) is 4. The van der Waals surface area contributed by atoms with Gasteiger partial charge in [-0.2, -0.15) is 4.98 Å². The molecule has 20 heavy (non-hydrogen) atoms. The van der Waals surface area contributed by atoms with Crippen LogP contribution in [0.15, 0.2) is 6.20 Å².